The third-order valence-electron chi connectivity index (χ3n) is 5.96. The van der Waals surface area contributed by atoms with Gasteiger partial charge in [0.1, 0.15) is 5.52 Å². The van der Waals surface area contributed by atoms with E-state index in [1.54, 1.807) is 17.7 Å². The summed E-state index contributed by atoms with van der Waals surface area (Å²) in [4.78, 5) is 31.3. The maximum Gasteiger partial charge on any atom is 0.229 e. The van der Waals surface area contributed by atoms with Crippen molar-refractivity contribution in [2.24, 2.45) is 5.92 Å². The number of hydrogen-bond acceptors (Lipinski definition) is 7. The molecule has 1 amide bonds. The van der Waals surface area contributed by atoms with Gasteiger partial charge in [0.2, 0.25) is 11.2 Å². The minimum atomic E-state index is 0.00486. The number of hydrogen-bond donors (Lipinski definition) is 2. The van der Waals surface area contributed by atoms with Crippen LogP contribution in [-0.2, 0) is 17.6 Å². The molecule has 3 heterocycles. The zero-order valence-electron chi connectivity index (χ0n) is 15.9. The number of carbonyl (C=O) groups excluding carboxylic acids is 1. The lowest BCUT2D eigenvalue weighted by Gasteiger charge is -2.28. The Kier molecular flexibility index (Phi) is 4.87. The first-order valence-electron chi connectivity index (χ1n) is 10.0. The Bertz CT molecular complexity index is 1050. The van der Waals surface area contributed by atoms with Gasteiger partial charge in [0.05, 0.1) is 12.0 Å². The van der Waals surface area contributed by atoms with Crippen molar-refractivity contribution in [3.8, 4) is 0 Å². The highest BCUT2D eigenvalue weighted by Gasteiger charge is 2.29. The van der Waals surface area contributed by atoms with Crippen molar-refractivity contribution in [1.29, 1.82) is 0 Å². The number of aromatic nitrogens is 5. The van der Waals surface area contributed by atoms with Gasteiger partial charge in [-0.25, -0.2) is 9.97 Å². The van der Waals surface area contributed by atoms with E-state index in [4.69, 9.17) is 17.3 Å². The van der Waals surface area contributed by atoms with Crippen LogP contribution in [-0.4, -0.2) is 30.4 Å². The molecule has 29 heavy (non-hydrogen) atoms. The van der Waals surface area contributed by atoms with Crippen LogP contribution in [0.4, 0.5) is 10.9 Å². The Balaban J connectivity index is 1.25. The predicted octanol–water partition coefficient (Wildman–Crippen LogP) is 3.77. The van der Waals surface area contributed by atoms with Gasteiger partial charge in [-0.2, -0.15) is 9.97 Å². The first-order valence-corrected chi connectivity index (χ1v) is 11.2. The Hall–Kier alpha value is -2.26. The van der Waals surface area contributed by atoms with E-state index in [2.05, 4.69) is 25.3 Å². The van der Waals surface area contributed by atoms with Crippen molar-refractivity contribution in [2.45, 2.75) is 57.4 Å². The molecule has 1 saturated carbocycles. The molecule has 0 spiro atoms. The third-order valence-corrected chi connectivity index (χ3v) is 7.20. The van der Waals surface area contributed by atoms with Crippen molar-refractivity contribution in [1.82, 2.24) is 24.5 Å². The van der Waals surface area contributed by atoms with Crippen LogP contribution >= 0.6 is 22.9 Å². The molecule has 1 fully saturated rings. The second-order valence-corrected chi connectivity index (χ2v) is 9.21. The maximum atomic E-state index is 12.8. The standard InChI is InChI=1S/C19H22ClN7OS/c20-18-24-15(21)14-16(25-18)27(9-22-14)11-7-5-10(6-8-11)17(28)26-19-23-12-3-1-2-4-13(12)29-19/h9-11H,1-8H2,(H2,21,24,25)(H,23,26,28)/t10-,11+. The van der Waals surface area contributed by atoms with Crippen LogP contribution in [0.1, 0.15) is 55.1 Å². The topological polar surface area (TPSA) is 112 Å². The number of fused-ring (bicyclic) bond motifs is 2. The Morgan fingerprint density at radius 2 is 1.97 bits per heavy atom. The minimum absolute atomic E-state index is 0.00486. The van der Waals surface area contributed by atoms with E-state index in [0.717, 1.165) is 43.7 Å². The molecule has 2 aliphatic rings. The lowest BCUT2D eigenvalue weighted by molar-refractivity contribution is -0.120. The highest BCUT2D eigenvalue weighted by Crippen LogP contribution is 2.36. The number of halogens is 1. The molecule has 10 heteroatoms. The van der Waals surface area contributed by atoms with Crippen molar-refractivity contribution < 1.29 is 4.79 Å². The smallest absolute Gasteiger partial charge is 0.229 e. The number of imidazole rings is 1. The quantitative estimate of drug-likeness (QED) is 0.610. The van der Waals surface area contributed by atoms with Gasteiger partial charge in [0, 0.05) is 16.8 Å². The van der Waals surface area contributed by atoms with Gasteiger partial charge in [0.15, 0.2) is 16.6 Å². The highest BCUT2D eigenvalue weighted by atomic mass is 35.5. The van der Waals surface area contributed by atoms with Gasteiger partial charge in [0.25, 0.3) is 0 Å². The molecule has 0 radical (unpaired) electrons. The molecule has 3 N–H and O–H groups in total. The molecule has 0 atom stereocenters. The second kappa shape index (κ2) is 7.53. The number of nitrogens with one attached hydrogen (secondary N) is 1. The summed E-state index contributed by atoms with van der Waals surface area (Å²) in [5.41, 5.74) is 8.30. The summed E-state index contributed by atoms with van der Waals surface area (Å²) >= 11 is 7.61. The fourth-order valence-corrected chi connectivity index (χ4v) is 5.63. The lowest BCUT2D eigenvalue weighted by Crippen LogP contribution is -2.28. The van der Waals surface area contributed by atoms with Crippen LogP contribution in [0.3, 0.4) is 0 Å². The number of nitrogen functional groups attached to an aromatic ring is 1. The Labute approximate surface area is 176 Å². The molecule has 0 unspecified atom stereocenters. The van der Waals surface area contributed by atoms with Crippen LogP contribution in [0.5, 0.6) is 0 Å². The van der Waals surface area contributed by atoms with Crippen molar-refractivity contribution in [3.05, 3.63) is 22.2 Å². The van der Waals surface area contributed by atoms with Crippen molar-refractivity contribution >= 4 is 51.0 Å². The van der Waals surface area contributed by atoms with E-state index in [-0.39, 0.29) is 29.0 Å². The zero-order valence-corrected chi connectivity index (χ0v) is 17.5. The molecule has 3 aromatic heterocycles. The fourth-order valence-electron chi connectivity index (χ4n) is 4.41. The number of amides is 1. The van der Waals surface area contributed by atoms with Gasteiger partial charge in [-0.15, -0.1) is 11.3 Å². The number of anilines is 2. The number of carbonyl (C=O) groups is 1. The van der Waals surface area contributed by atoms with Crippen molar-refractivity contribution in [3.63, 3.8) is 0 Å². The summed E-state index contributed by atoms with van der Waals surface area (Å²) in [7, 11) is 0. The van der Waals surface area contributed by atoms with E-state index in [1.807, 2.05) is 4.57 Å². The highest BCUT2D eigenvalue weighted by molar-refractivity contribution is 7.15. The van der Waals surface area contributed by atoms with Gasteiger partial charge in [-0.3, -0.25) is 4.79 Å². The first kappa shape index (κ1) is 18.7. The maximum absolute atomic E-state index is 12.8. The summed E-state index contributed by atoms with van der Waals surface area (Å²) < 4.78 is 2.02. The molecule has 0 saturated heterocycles. The summed E-state index contributed by atoms with van der Waals surface area (Å²) in [6.45, 7) is 0. The fraction of sp³-hybridized carbons (Fsp3) is 0.526. The summed E-state index contributed by atoms with van der Waals surface area (Å²) in [6, 6.07) is 0.224. The molecule has 5 rings (SSSR count). The summed E-state index contributed by atoms with van der Waals surface area (Å²) in [6.07, 6.45) is 9.66. The Morgan fingerprint density at radius 3 is 2.76 bits per heavy atom. The number of nitrogens with zero attached hydrogens (tertiary/aromatic N) is 5. The second-order valence-electron chi connectivity index (χ2n) is 7.79. The van der Waals surface area contributed by atoms with Crippen LogP contribution in [0, 0.1) is 5.92 Å². The first-order chi connectivity index (χ1) is 14.1. The average molecular weight is 432 g/mol. The Morgan fingerprint density at radius 1 is 1.17 bits per heavy atom. The van der Waals surface area contributed by atoms with E-state index in [0.29, 0.717) is 11.2 Å². The molecule has 3 aromatic rings. The third kappa shape index (κ3) is 3.57. The summed E-state index contributed by atoms with van der Waals surface area (Å²) in [5, 5.41) is 3.93. The molecule has 0 bridgehead atoms. The normalized spacial score (nSPS) is 21.8. The largest absolute Gasteiger partial charge is 0.382 e. The monoisotopic (exact) mass is 431 g/mol. The molecule has 0 aliphatic heterocycles. The molecule has 2 aliphatic carbocycles. The molecular weight excluding hydrogens is 410 g/mol. The average Bonchev–Trinajstić information content (AvgIpc) is 3.31. The van der Waals surface area contributed by atoms with Gasteiger partial charge >= 0.3 is 0 Å². The van der Waals surface area contributed by atoms with E-state index in [9.17, 15) is 4.79 Å². The van der Waals surface area contributed by atoms with Crippen LogP contribution in [0.2, 0.25) is 5.28 Å². The zero-order chi connectivity index (χ0) is 20.0. The number of nitrogens with two attached hydrogens (primary N) is 1. The van der Waals surface area contributed by atoms with E-state index < -0.39 is 0 Å². The van der Waals surface area contributed by atoms with E-state index in [1.165, 1.54) is 23.4 Å². The number of aryl methyl sites for hydroxylation is 2. The summed E-state index contributed by atoms with van der Waals surface area (Å²) in [5.74, 6) is 0.378. The number of thiazole rings is 1. The van der Waals surface area contributed by atoms with Crippen LogP contribution in [0.25, 0.3) is 11.2 Å². The molecule has 152 valence electrons. The SMILES string of the molecule is Nc1nc(Cl)nc2c1ncn2[C@H]1CC[C@@H](C(=O)Nc2nc3c(s2)CCCC3)CC1. The van der Waals surface area contributed by atoms with Gasteiger partial charge in [-0.1, -0.05) is 0 Å². The van der Waals surface area contributed by atoms with E-state index >= 15 is 0 Å². The molecule has 0 aromatic carbocycles. The van der Waals surface area contributed by atoms with Gasteiger partial charge < -0.3 is 15.6 Å². The predicted molar refractivity (Wildman–Crippen MR) is 113 cm³/mol. The molecular formula is C19H22ClN7OS. The van der Waals surface area contributed by atoms with Crippen LogP contribution in [0.15, 0.2) is 6.33 Å². The molecule has 8 nitrogen and oxygen atoms in total. The van der Waals surface area contributed by atoms with Gasteiger partial charge in [-0.05, 0) is 63.0 Å². The van der Waals surface area contributed by atoms with Crippen LogP contribution < -0.4 is 11.1 Å². The minimum Gasteiger partial charge on any atom is -0.382 e. The number of rotatable bonds is 3. The lowest BCUT2D eigenvalue weighted by atomic mass is 9.85. The van der Waals surface area contributed by atoms with Crippen molar-refractivity contribution in [2.75, 3.05) is 11.1 Å².